The molecule has 1 aromatic rings. The Labute approximate surface area is 127 Å². The van der Waals surface area contributed by atoms with Crippen LogP contribution in [0.25, 0.3) is 0 Å². The molecule has 0 radical (unpaired) electrons. The molecule has 1 atom stereocenters. The zero-order valence-corrected chi connectivity index (χ0v) is 13.7. The average Bonchev–Trinajstić information content (AvgIpc) is 2.42. The monoisotopic (exact) mass is 293 g/mol. The van der Waals surface area contributed by atoms with Crippen LogP contribution >= 0.6 is 0 Å². The third kappa shape index (κ3) is 6.63. The summed E-state index contributed by atoms with van der Waals surface area (Å²) in [6.45, 7) is 11.1. The second kappa shape index (κ2) is 8.67. The van der Waals surface area contributed by atoms with Gasteiger partial charge in [0.1, 0.15) is 5.75 Å². The highest BCUT2D eigenvalue weighted by Gasteiger charge is 2.14. The summed E-state index contributed by atoms with van der Waals surface area (Å²) in [6, 6.07) is 5.84. The molecule has 1 rings (SSSR count). The van der Waals surface area contributed by atoms with Crippen LogP contribution in [0.2, 0.25) is 0 Å². The maximum atomic E-state index is 11.9. The van der Waals surface area contributed by atoms with Crippen LogP contribution in [0.15, 0.2) is 18.2 Å². The number of aryl methyl sites for hydroxylation is 2. The topological polar surface area (TPSA) is 47.6 Å². The predicted molar refractivity (Wildman–Crippen MR) is 84.7 cm³/mol. The van der Waals surface area contributed by atoms with Crippen LogP contribution in [0.1, 0.15) is 38.3 Å². The number of ether oxygens (including phenoxy) is 2. The van der Waals surface area contributed by atoms with Crippen LogP contribution in [-0.2, 0) is 9.53 Å². The molecule has 0 saturated carbocycles. The van der Waals surface area contributed by atoms with Gasteiger partial charge < -0.3 is 14.8 Å². The summed E-state index contributed by atoms with van der Waals surface area (Å²) in [4.78, 5) is 11.9. The van der Waals surface area contributed by atoms with E-state index in [4.69, 9.17) is 9.47 Å². The van der Waals surface area contributed by atoms with E-state index in [0.717, 1.165) is 17.7 Å². The zero-order valence-electron chi connectivity index (χ0n) is 13.7. The third-order valence-corrected chi connectivity index (χ3v) is 3.23. The lowest BCUT2D eigenvalue weighted by Crippen LogP contribution is -2.37. The van der Waals surface area contributed by atoms with Crippen molar-refractivity contribution in [3.8, 4) is 5.75 Å². The number of hydrogen-bond donors (Lipinski definition) is 1. The van der Waals surface area contributed by atoms with Crippen molar-refractivity contribution < 1.29 is 14.3 Å². The Bertz CT molecular complexity index is 457. The number of nitrogens with one attached hydrogen (secondary N) is 1. The molecule has 4 heteroatoms. The van der Waals surface area contributed by atoms with Crippen LogP contribution in [-0.4, -0.2) is 31.3 Å². The minimum atomic E-state index is -0.502. The minimum Gasteiger partial charge on any atom is -0.481 e. The lowest BCUT2D eigenvalue weighted by atomic mass is 10.1. The highest BCUT2D eigenvalue weighted by molar-refractivity contribution is 5.80. The molecule has 0 bridgehead atoms. The van der Waals surface area contributed by atoms with Crippen molar-refractivity contribution in [2.24, 2.45) is 0 Å². The van der Waals surface area contributed by atoms with Gasteiger partial charge in [0.15, 0.2) is 6.10 Å². The van der Waals surface area contributed by atoms with Crippen LogP contribution in [0.4, 0.5) is 0 Å². The summed E-state index contributed by atoms with van der Waals surface area (Å²) >= 11 is 0. The summed E-state index contributed by atoms with van der Waals surface area (Å²) in [5, 5.41) is 2.86. The molecule has 0 fully saturated rings. The van der Waals surface area contributed by atoms with Crippen LogP contribution in [0.3, 0.4) is 0 Å². The lowest BCUT2D eigenvalue weighted by molar-refractivity contribution is -0.127. The Morgan fingerprint density at radius 3 is 2.52 bits per heavy atom. The molecule has 1 aromatic carbocycles. The molecule has 4 nitrogen and oxygen atoms in total. The molecule has 0 aromatic heterocycles. The number of benzene rings is 1. The van der Waals surface area contributed by atoms with E-state index in [1.54, 1.807) is 6.92 Å². The summed E-state index contributed by atoms with van der Waals surface area (Å²) in [6.07, 6.45) is 0.533. The Kier molecular flexibility index (Phi) is 7.23. The van der Waals surface area contributed by atoms with Gasteiger partial charge in [-0.2, -0.15) is 0 Å². The van der Waals surface area contributed by atoms with Gasteiger partial charge in [-0.25, -0.2) is 0 Å². The maximum Gasteiger partial charge on any atom is 0.260 e. The van der Waals surface area contributed by atoms with Crippen molar-refractivity contribution in [2.75, 3.05) is 13.2 Å². The van der Waals surface area contributed by atoms with Gasteiger partial charge in [0.2, 0.25) is 0 Å². The number of hydrogen-bond acceptors (Lipinski definition) is 3. The predicted octanol–water partition coefficient (Wildman–Crippen LogP) is 3.00. The summed E-state index contributed by atoms with van der Waals surface area (Å²) in [5.74, 6) is 0.627. The Morgan fingerprint density at radius 2 is 1.90 bits per heavy atom. The van der Waals surface area contributed by atoms with Crippen molar-refractivity contribution in [2.45, 2.75) is 53.2 Å². The quantitative estimate of drug-likeness (QED) is 0.750. The Balaban J connectivity index is 2.32. The number of carbonyl (C=O) groups is 1. The summed E-state index contributed by atoms with van der Waals surface area (Å²) in [5.41, 5.74) is 2.37. The molecule has 0 aliphatic carbocycles. The van der Waals surface area contributed by atoms with Crippen LogP contribution in [0, 0.1) is 13.8 Å². The van der Waals surface area contributed by atoms with Crippen molar-refractivity contribution in [1.82, 2.24) is 5.32 Å². The second-order valence-electron chi connectivity index (χ2n) is 5.57. The van der Waals surface area contributed by atoms with Gasteiger partial charge in [-0.3, -0.25) is 4.79 Å². The van der Waals surface area contributed by atoms with Gasteiger partial charge in [-0.05, 0) is 64.3 Å². The first-order chi connectivity index (χ1) is 9.90. The Hall–Kier alpha value is -1.55. The summed E-state index contributed by atoms with van der Waals surface area (Å²) in [7, 11) is 0. The number of amides is 1. The molecule has 1 N–H and O–H groups in total. The fourth-order valence-corrected chi connectivity index (χ4v) is 1.79. The molecule has 21 heavy (non-hydrogen) atoms. The molecule has 0 aliphatic rings. The molecular weight excluding hydrogens is 266 g/mol. The van der Waals surface area contributed by atoms with Gasteiger partial charge in [-0.1, -0.05) is 6.07 Å². The largest absolute Gasteiger partial charge is 0.481 e. The first kappa shape index (κ1) is 17.5. The zero-order chi connectivity index (χ0) is 15.8. The molecular formula is C17H27NO3. The van der Waals surface area contributed by atoms with E-state index in [9.17, 15) is 4.79 Å². The molecule has 0 saturated heterocycles. The van der Waals surface area contributed by atoms with Crippen molar-refractivity contribution >= 4 is 5.91 Å². The van der Waals surface area contributed by atoms with Crippen molar-refractivity contribution in [3.05, 3.63) is 29.3 Å². The first-order valence-electron chi connectivity index (χ1n) is 7.53. The van der Waals surface area contributed by atoms with E-state index in [1.807, 2.05) is 39.0 Å². The molecule has 1 amide bonds. The summed E-state index contributed by atoms with van der Waals surface area (Å²) < 4.78 is 11.1. The SMILES string of the molecule is Cc1ccc(O[C@@H](C)C(=O)NCCCOC(C)C)cc1C. The number of rotatable bonds is 8. The normalized spacial score (nSPS) is 12.3. The van der Waals surface area contributed by atoms with Gasteiger partial charge in [0, 0.05) is 13.2 Å². The highest BCUT2D eigenvalue weighted by atomic mass is 16.5. The van der Waals surface area contributed by atoms with Gasteiger partial charge in [0.25, 0.3) is 5.91 Å². The average molecular weight is 293 g/mol. The van der Waals surface area contributed by atoms with Gasteiger partial charge in [0.05, 0.1) is 6.10 Å². The van der Waals surface area contributed by atoms with Crippen LogP contribution < -0.4 is 10.1 Å². The van der Waals surface area contributed by atoms with Crippen LogP contribution in [0.5, 0.6) is 5.75 Å². The molecule has 0 unspecified atom stereocenters. The highest BCUT2D eigenvalue weighted by Crippen LogP contribution is 2.17. The molecule has 0 heterocycles. The standard InChI is InChI=1S/C17H27NO3/c1-12(2)20-10-6-9-18-17(19)15(5)21-16-8-7-13(3)14(4)11-16/h7-8,11-12,15H,6,9-10H2,1-5H3,(H,18,19)/t15-/m0/s1. The third-order valence-electron chi connectivity index (χ3n) is 3.23. The second-order valence-corrected chi connectivity index (χ2v) is 5.57. The maximum absolute atomic E-state index is 11.9. The van der Waals surface area contributed by atoms with Gasteiger partial charge in [-0.15, -0.1) is 0 Å². The lowest BCUT2D eigenvalue weighted by Gasteiger charge is -2.15. The van der Waals surface area contributed by atoms with Crippen molar-refractivity contribution in [1.29, 1.82) is 0 Å². The minimum absolute atomic E-state index is 0.0993. The van der Waals surface area contributed by atoms with E-state index in [0.29, 0.717) is 13.2 Å². The van der Waals surface area contributed by atoms with E-state index in [2.05, 4.69) is 12.2 Å². The van der Waals surface area contributed by atoms with Gasteiger partial charge >= 0.3 is 0 Å². The van der Waals surface area contributed by atoms with Crippen molar-refractivity contribution in [3.63, 3.8) is 0 Å². The molecule has 118 valence electrons. The van der Waals surface area contributed by atoms with E-state index < -0.39 is 6.10 Å². The smallest absolute Gasteiger partial charge is 0.260 e. The number of carbonyl (C=O) groups excluding carboxylic acids is 1. The van der Waals surface area contributed by atoms with E-state index in [-0.39, 0.29) is 12.0 Å². The fraction of sp³-hybridized carbons (Fsp3) is 0.588. The Morgan fingerprint density at radius 1 is 1.19 bits per heavy atom. The fourth-order valence-electron chi connectivity index (χ4n) is 1.79. The molecule has 0 aliphatic heterocycles. The van der Waals surface area contributed by atoms with E-state index in [1.165, 1.54) is 5.56 Å². The first-order valence-corrected chi connectivity index (χ1v) is 7.53. The molecule has 0 spiro atoms. The van der Waals surface area contributed by atoms with E-state index >= 15 is 0 Å².